The van der Waals surface area contributed by atoms with Gasteiger partial charge in [-0.3, -0.25) is 0 Å². The molecule has 0 N–H and O–H groups in total. The van der Waals surface area contributed by atoms with Crippen molar-refractivity contribution in [2.45, 2.75) is 56.8 Å². The van der Waals surface area contributed by atoms with Crippen molar-refractivity contribution in [3.8, 4) is 44.5 Å². The first-order chi connectivity index (χ1) is 36.7. The summed E-state index contributed by atoms with van der Waals surface area (Å²) in [5, 5.41) is 2.53. The number of nitrogens with zero attached hydrogens (tertiary/aromatic N) is 2. The van der Waals surface area contributed by atoms with Crippen LogP contribution in [0.5, 0.6) is 0 Å². The van der Waals surface area contributed by atoms with Crippen LogP contribution >= 0.6 is 0 Å². The number of hydrogen-bond donors (Lipinski definition) is 0. The zero-order valence-electron chi connectivity index (χ0n) is 42.9. The van der Waals surface area contributed by atoms with Crippen molar-refractivity contribution in [1.29, 1.82) is 0 Å². The van der Waals surface area contributed by atoms with Gasteiger partial charge in [-0.2, -0.15) is 0 Å². The van der Waals surface area contributed by atoms with E-state index in [1.807, 2.05) is 0 Å². The Morgan fingerprint density at radius 3 is 1.55 bits per heavy atom. The summed E-state index contributed by atoms with van der Waals surface area (Å²) >= 11 is 0. The number of fused-ring (bicyclic) bond motifs is 12. The van der Waals surface area contributed by atoms with Gasteiger partial charge in [-0.1, -0.05) is 204 Å². The predicted molar refractivity (Wildman–Crippen MR) is 315 cm³/mol. The standard InChI is InChI=1S/C73H56N2/c1-71(2)64-28-16-12-26-58(64)60-45-53(38-40-65(60)71)74(54-37-39-59-55-23-11-15-27-63(55)72(3,4)68(59)46-54)52-35-31-47(32-36-52)48-33-41-69-61(43-48)62-44-50(34-42-70(62)75(69)51-21-9-6-10-22-51)73(49-19-7-5-8-20-49)66-29-17-13-24-56(66)57-25-14-18-30-67(57)73/h5-9,11-21,23-46H,10,22H2,1-4H3. The lowest BCUT2D eigenvalue weighted by atomic mass is 9.67. The van der Waals surface area contributed by atoms with Crippen molar-refractivity contribution >= 4 is 44.6 Å². The van der Waals surface area contributed by atoms with E-state index < -0.39 is 5.41 Å². The largest absolute Gasteiger partial charge is 0.313 e. The van der Waals surface area contributed by atoms with E-state index in [1.54, 1.807) is 0 Å². The molecule has 0 bridgehead atoms. The quantitative estimate of drug-likeness (QED) is 0.155. The second kappa shape index (κ2) is 16.1. The summed E-state index contributed by atoms with van der Waals surface area (Å²) in [5.41, 5.74) is 27.6. The topological polar surface area (TPSA) is 8.17 Å². The molecule has 0 aliphatic heterocycles. The third-order valence-corrected chi connectivity index (χ3v) is 17.7. The van der Waals surface area contributed by atoms with Gasteiger partial charge in [-0.05, 0) is 169 Å². The van der Waals surface area contributed by atoms with Gasteiger partial charge in [0.25, 0.3) is 0 Å². The van der Waals surface area contributed by atoms with Crippen molar-refractivity contribution in [3.63, 3.8) is 0 Å². The molecule has 0 spiro atoms. The van der Waals surface area contributed by atoms with Crippen LogP contribution in [-0.2, 0) is 16.2 Å². The van der Waals surface area contributed by atoms with E-state index in [1.165, 1.54) is 117 Å². The molecule has 0 unspecified atom stereocenters. The third kappa shape index (κ3) is 6.20. The van der Waals surface area contributed by atoms with E-state index in [0.717, 1.165) is 29.9 Å². The third-order valence-electron chi connectivity index (χ3n) is 17.7. The summed E-state index contributed by atoms with van der Waals surface area (Å²) in [5.74, 6) is 0. The normalized spacial score (nSPS) is 15.7. The van der Waals surface area contributed by atoms with Crippen LogP contribution in [0.25, 0.3) is 72.0 Å². The van der Waals surface area contributed by atoms with Crippen LogP contribution in [0.2, 0.25) is 0 Å². The van der Waals surface area contributed by atoms with E-state index in [0.29, 0.717) is 0 Å². The van der Waals surface area contributed by atoms with Gasteiger partial charge in [0.05, 0.1) is 16.4 Å². The van der Waals surface area contributed by atoms with E-state index >= 15 is 0 Å². The van der Waals surface area contributed by atoms with Crippen molar-refractivity contribution < 1.29 is 0 Å². The molecular weight excluding hydrogens is 905 g/mol. The minimum atomic E-state index is -0.486. The molecule has 0 radical (unpaired) electrons. The highest BCUT2D eigenvalue weighted by atomic mass is 15.1. The SMILES string of the molecule is CC1(C)c2ccccc2-c2cc(N(c3ccc(-c4ccc5c(c4)c4cc(C6(c7ccccc7)c7ccccc7-c7ccccc76)ccc4n5C4=CC=CCC4)cc3)c3ccc4c(c3)C(C)(C)c3ccccc3-4)ccc21. The Kier molecular flexibility index (Phi) is 9.43. The molecule has 0 atom stereocenters. The Morgan fingerprint density at radius 1 is 0.373 bits per heavy atom. The summed E-state index contributed by atoms with van der Waals surface area (Å²) in [7, 11) is 0. The van der Waals surface area contributed by atoms with Crippen LogP contribution in [0.1, 0.15) is 85.0 Å². The number of aromatic nitrogens is 1. The van der Waals surface area contributed by atoms with Crippen molar-refractivity contribution in [2.24, 2.45) is 0 Å². The lowest BCUT2D eigenvalue weighted by Gasteiger charge is -2.34. The van der Waals surface area contributed by atoms with Crippen LogP contribution in [0.3, 0.4) is 0 Å². The molecule has 0 saturated heterocycles. The number of rotatable bonds is 7. The lowest BCUT2D eigenvalue weighted by molar-refractivity contribution is 0.660. The van der Waals surface area contributed by atoms with Gasteiger partial charge in [0, 0.05) is 44.4 Å². The molecule has 15 rings (SSSR count). The van der Waals surface area contributed by atoms with Gasteiger partial charge in [0.2, 0.25) is 0 Å². The average Bonchev–Trinajstić information content (AvgIpc) is 4.18. The monoisotopic (exact) mass is 960 g/mol. The number of benzene rings is 10. The molecule has 11 aromatic rings. The Labute approximate surface area is 440 Å². The maximum atomic E-state index is 2.53. The van der Waals surface area contributed by atoms with Gasteiger partial charge in [-0.25, -0.2) is 0 Å². The van der Waals surface area contributed by atoms with E-state index in [2.05, 4.69) is 280 Å². The predicted octanol–water partition coefficient (Wildman–Crippen LogP) is 19.1. The van der Waals surface area contributed by atoms with Crippen LogP contribution in [0.4, 0.5) is 17.1 Å². The Balaban J connectivity index is 0.893. The average molecular weight is 961 g/mol. The van der Waals surface area contributed by atoms with E-state index in [9.17, 15) is 0 Å². The Bertz CT molecular complexity index is 4190. The first-order valence-corrected chi connectivity index (χ1v) is 26.8. The Morgan fingerprint density at radius 2 is 0.880 bits per heavy atom. The van der Waals surface area contributed by atoms with Gasteiger partial charge < -0.3 is 9.47 Å². The van der Waals surface area contributed by atoms with Crippen LogP contribution in [0.15, 0.2) is 243 Å². The summed E-state index contributed by atoms with van der Waals surface area (Å²) in [4.78, 5) is 2.48. The smallest absolute Gasteiger partial charge is 0.0713 e. The second-order valence-corrected chi connectivity index (χ2v) is 22.3. The van der Waals surface area contributed by atoms with Gasteiger partial charge in [-0.15, -0.1) is 0 Å². The molecule has 2 heteroatoms. The molecular formula is C73H56N2. The summed E-state index contributed by atoms with van der Waals surface area (Å²) < 4.78 is 2.53. The highest BCUT2D eigenvalue weighted by molar-refractivity contribution is 6.12. The molecule has 0 saturated carbocycles. The maximum Gasteiger partial charge on any atom is 0.0713 e. The number of hydrogen-bond acceptors (Lipinski definition) is 1. The lowest BCUT2D eigenvalue weighted by Crippen LogP contribution is -2.28. The minimum absolute atomic E-state index is 0.0731. The van der Waals surface area contributed by atoms with Crippen molar-refractivity contribution in [3.05, 3.63) is 287 Å². The summed E-state index contributed by atoms with van der Waals surface area (Å²) in [6.07, 6.45) is 8.85. The zero-order chi connectivity index (χ0) is 50.2. The van der Waals surface area contributed by atoms with Crippen LogP contribution in [-0.4, -0.2) is 4.57 Å². The highest BCUT2D eigenvalue weighted by Gasteiger charge is 2.46. The molecule has 4 aliphatic rings. The first kappa shape index (κ1) is 43.8. The van der Waals surface area contributed by atoms with Gasteiger partial charge in [0.1, 0.15) is 0 Å². The first-order valence-electron chi connectivity index (χ1n) is 26.8. The zero-order valence-corrected chi connectivity index (χ0v) is 42.9. The number of allylic oxidation sites excluding steroid dienone is 4. The molecule has 0 fully saturated rings. The molecule has 358 valence electrons. The highest BCUT2D eigenvalue weighted by Crippen LogP contribution is 2.57. The van der Waals surface area contributed by atoms with E-state index in [-0.39, 0.29) is 10.8 Å². The maximum absolute atomic E-state index is 2.53. The van der Waals surface area contributed by atoms with Crippen LogP contribution < -0.4 is 4.90 Å². The fourth-order valence-corrected chi connectivity index (χ4v) is 14.2. The van der Waals surface area contributed by atoms with E-state index in [4.69, 9.17) is 0 Å². The molecule has 1 heterocycles. The fraction of sp³-hybridized carbons (Fsp3) is 0.123. The molecule has 0 amide bonds. The van der Waals surface area contributed by atoms with Gasteiger partial charge >= 0.3 is 0 Å². The minimum Gasteiger partial charge on any atom is -0.313 e. The van der Waals surface area contributed by atoms with Gasteiger partial charge in [0.15, 0.2) is 0 Å². The molecule has 2 nitrogen and oxygen atoms in total. The molecule has 1 aromatic heterocycles. The van der Waals surface area contributed by atoms with Crippen molar-refractivity contribution in [1.82, 2.24) is 4.57 Å². The summed E-state index contributed by atoms with van der Waals surface area (Å²) in [6, 6.07) is 85.3. The Hall–Kier alpha value is -8.72. The number of anilines is 3. The summed E-state index contributed by atoms with van der Waals surface area (Å²) in [6.45, 7) is 9.48. The fourth-order valence-electron chi connectivity index (χ4n) is 14.2. The molecule has 10 aromatic carbocycles. The second-order valence-electron chi connectivity index (χ2n) is 22.3. The molecule has 4 aliphatic carbocycles. The van der Waals surface area contributed by atoms with Crippen molar-refractivity contribution in [2.75, 3.05) is 4.90 Å². The molecule has 75 heavy (non-hydrogen) atoms. The van der Waals surface area contributed by atoms with Crippen LogP contribution in [0, 0.1) is 0 Å².